The van der Waals surface area contributed by atoms with Crippen molar-refractivity contribution in [1.82, 2.24) is 5.32 Å². The third kappa shape index (κ3) is 33.6. The monoisotopic (exact) mass is 1260 g/mol. The molecule has 3 heterocycles. The minimum atomic E-state index is -1.98. The number of allylic oxidation sites excluding steroid dienone is 1. The zero-order chi connectivity index (χ0) is 64.0. The second-order valence-electron chi connectivity index (χ2n) is 26.1. The number of hydrogen-bond donors (Lipinski definition) is 12. The van der Waals surface area contributed by atoms with E-state index in [1.54, 1.807) is 6.08 Å². The number of rotatable bonds is 56. The van der Waals surface area contributed by atoms with Crippen LogP contribution in [0.3, 0.4) is 0 Å². The zero-order valence-electron chi connectivity index (χ0n) is 55.0. The topological polar surface area (TPSA) is 307 Å². The van der Waals surface area contributed by atoms with E-state index in [9.17, 15) is 61.0 Å². The van der Waals surface area contributed by atoms with Gasteiger partial charge in [-0.25, -0.2) is 0 Å². The second kappa shape index (κ2) is 51.9. The van der Waals surface area contributed by atoms with Gasteiger partial charge in [-0.15, -0.1) is 0 Å². The van der Waals surface area contributed by atoms with Crippen LogP contribution in [-0.2, 0) is 33.2 Å². The number of carbonyl (C=O) groups excluding carboxylic acids is 1. The van der Waals surface area contributed by atoms with Crippen molar-refractivity contribution in [2.24, 2.45) is 0 Å². The summed E-state index contributed by atoms with van der Waals surface area (Å²) >= 11 is 0. The fourth-order valence-corrected chi connectivity index (χ4v) is 12.5. The van der Waals surface area contributed by atoms with E-state index in [0.29, 0.717) is 6.42 Å². The number of hydrogen-bond acceptors (Lipinski definition) is 18. The summed E-state index contributed by atoms with van der Waals surface area (Å²) in [7, 11) is 0. The molecule has 19 nitrogen and oxygen atoms in total. The standard InChI is InChI=1S/C69H131NO18/c1-3-5-7-9-11-13-15-17-19-21-23-24-25-26-27-28-29-30-32-34-36-38-40-42-44-46-53(74)52(70-57(75)47-45-43-41-39-37-35-33-31-22-20-18-16-14-12-10-8-6-4-2)51-83-67-63(81)60(78)65(55(49-72)85-67)88-69-64(82)61(79)66(56(50-73)86-69)87-68-62(80)59(77)58(76)54(48-71)84-68/h44,46,52-56,58-69,71-74,76-82H,3-43,45,47-51H2,1-2H3,(H,70,75)/b46-44+. The van der Waals surface area contributed by atoms with Crippen LogP contribution < -0.4 is 5.32 Å². The van der Waals surface area contributed by atoms with Crippen LogP contribution in [0.5, 0.6) is 0 Å². The Balaban J connectivity index is 1.43. The summed E-state index contributed by atoms with van der Waals surface area (Å²) in [5.41, 5.74) is 0. The number of carbonyl (C=O) groups is 1. The molecule has 3 aliphatic heterocycles. The van der Waals surface area contributed by atoms with Crippen molar-refractivity contribution < 1.29 is 89.4 Å². The molecule has 3 rings (SSSR count). The van der Waals surface area contributed by atoms with Crippen LogP contribution in [0.4, 0.5) is 0 Å². The van der Waals surface area contributed by atoms with E-state index in [2.05, 4.69) is 19.2 Å². The van der Waals surface area contributed by atoms with Gasteiger partial charge in [-0.05, 0) is 19.3 Å². The molecule has 17 atom stereocenters. The molecule has 12 N–H and O–H groups in total. The first-order valence-electron chi connectivity index (χ1n) is 35.9. The van der Waals surface area contributed by atoms with Crippen molar-refractivity contribution in [3.05, 3.63) is 12.2 Å². The third-order valence-electron chi connectivity index (χ3n) is 18.3. The molecule has 0 radical (unpaired) electrons. The van der Waals surface area contributed by atoms with Gasteiger partial charge < -0.3 is 89.9 Å². The number of aliphatic hydroxyl groups is 11. The molecule has 0 aromatic carbocycles. The van der Waals surface area contributed by atoms with Crippen LogP contribution in [0.2, 0.25) is 0 Å². The van der Waals surface area contributed by atoms with E-state index in [4.69, 9.17) is 28.4 Å². The van der Waals surface area contributed by atoms with Gasteiger partial charge >= 0.3 is 0 Å². The highest BCUT2D eigenvalue weighted by atomic mass is 16.8. The Morgan fingerprint density at radius 2 is 0.705 bits per heavy atom. The summed E-state index contributed by atoms with van der Waals surface area (Å²) in [5, 5.41) is 121. The molecule has 3 saturated heterocycles. The molecule has 0 aliphatic carbocycles. The Labute approximate surface area is 531 Å². The lowest BCUT2D eigenvalue weighted by Gasteiger charge is -2.48. The van der Waals surface area contributed by atoms with Crippen molar-refractivity contribution in [2.45, 2.75) is 394 Å². The molecule has 19 heteroatoms. The Hall–Kier alpha value is -1.47. The predicted molar refractivity (Wildman–Crippen MR) is 342 cm³/mol. The molecular formula is C69H131NO18. The average Bonchev–Trinajstić information content (AvgIpc) is 2.38. The lowest BCUT2D eigenvalue weighted by molar-refractivity contribution is -0.379. The van der Waals surface area contributed by atoms with Crippen molar-refractivity contribution in [3.8, 4) is 0 Å². The van der Waals surface area contributed by atoms with Gasteiger partial charge in [-0.2, -0.15) is 0 Å². The number of aliphatic hydroxyl groups excluding tert-OH is 11. The van der Waals surface area contributed by atoms with E-state index < -0.39 is 124 Å². The maximum atomic E-state index is 13.4. The molecule has 0 saturated carbocycles. The first kappa shape index (κ1) is 80.8. The Kier molecular flexibility index (Phi) is 47.6. The van der Waals surface area contributed by atoms with Crippen LogP contribution >= 0.6 is 0 Å². The largest absolute Gasteiger partial charge is 0.394 e. The Bertz CT molecular complexity index is 1650. The van der Waals surface area contributed by atoms with E-state index in [1.807, 2.05) is 6.08 Å². The number of amides is 1. The zero-order valence-corrected chi connectivity index (χ0v) is 55.0. The fraction of sp³-hybridized carbons (Fsp3) is 0.957. The maximum absolute atomic E-state index is 13.4. The number of unbranched alkanes of at least 4 members (excludes halogenated alkanes) is 40. The molecule has 0 aromatic heterocycles. The summed E-state index contributed by atoms with van der Waals surface area (Å²) in [4.78, 5) is 13.4. The Morgan fingerprint density at radius 3 is 1.07 bits per heavy atom. The van der Waals surface area contributed by atoms with Gasteiger partial charge in [-0.3, -0.25) is 4.79 Å². The number of nitrogens with one attached hydrogen (secondary N) is 1. The minimum Gasteiger partial charge on any atom is -0.394 e. The van der Waals surface area contributed by atoms with Crippen LogP contribution in [0.1, 0.15) is 290 Å². The summed E-state index contributed by atoms with van der Waals surface area (Å²) in [6.45, 7) is 1.78. The van der Waals surface area contributed by atoms with Crippen LogP contribution in [0.25, 0.3) is 0 Å². The molecule has 3 aliphatic rings. The van der Waals surface area contributed by atoms with Crippen molar-refractivity contribution in [1.29, 1.82) is 0 Å². The van der Waals surface area contributed by atoms with Gasteiger partial charge in [0.2, 0.25) is 5.91 Å². The highest BCUT2D eigenvalue weighted by Gasteiger charge is 2.53. The average molecular weight is 1260 g/mol. The highest BCUT2D eigenvalue weighted by Crippen LogP contribution is 2.33. The third-order valence-corrected chi connectivity index (χ3v) is 18.3. The normalized spacial score (nSPS) is 28.4. The molecule has 0 spiro atoms. The highest BCUT2D eigenvalue weighted by molar-refractivity contribution is 5.76. The van der Waals surface area contributed by atoms with Crippen LogP contribution in [0.15, 0.2) is 12.2 Å². The Morgan fingerprint density at radius 1 is 0.398 bits per heavy atom. The van der Waals surface area contributed by atoms with E-state index in [1.165, 1.54) is 218 Å². The van der Waals surface area contributed by atoms with Crippen molar-refractivity contribution in [2.75, 3.05) is 26.4 Å². The molecule has 88 heavy (non-hydrogen) atoms. The quantitative estimate of drug-likeness (QED) is 0.0199. The summed E-state index contributed by atoms with van der Waals surface area (Å²) in [6, 6.07) is -0.969. The van der Waals surface area contributed by atoms with Gasteiger partial charge in [0.25, 0.3) is 0 Å². The first-order valence-corrected chi connectivity index (χ1v) is 35.9. The molecule has 1 amide bonds. The molecule has 17 unspecified atom stereocenters. The minimum absolute atomic E-state index is 0.250. The molecule has 3 fully saturated rings. The summed E-state index contributed by atoms with van der Waals surface area (Å²) in [5.74, 6) is -0.269. The van der Waals surface area contributed by atoms with Gasteiger partial charge in [0.15, 0.2) is 18.9 Å². The smallest absolute Gasteiger partial charge is 0.220 e. The summed E-state index contributed by atoms with van der Waals surface area (Å²) in [6.07, 6.45) is 30.4. The maximum Gasteiger partial charge on any atom is 0.220 e. The van der Waals surface area contributed by atoms with Crippen LogP contribution in [-0.4, -0.2) is 193 Å². The molecule has 0 aromatic rings. The van der Waals surface area contributed by atoms with E-state index >= 15 is 0 Å². The van der Waals surface area contributed by atoms with Crippen molar-refractivity contribution in [3.63, 3.8) is 0 Å². The van der Waals surface area contributed by atoms with Gasteiger partial charge in [-0.1, -0.05) is 276 Å². The second-order valence-corrected chi connectivity index (χ2v) is 26.1. The van der Waals surface area contributed by atoms with E-state index in [-0.39, 0.29) is 18.9 Å². The van der Waals surface area contributed by atoms with E-state index in [0.717, 1.165) is 44.9 Å². The lowest BCUT2D eigenvalue weighted by atomic mass is 9.96. The molecular weight excluding hydrogens is 1130 g/mol. The summed E-state index contributed by atoms with van der Waals surface area (Å²) < 4.78 is 34.4. The lowest BCUT2D eigenvalue weighted by Crippen LogP contribution is -2.66. The number of ether oxygens (including phenoxy) is 6. The van der Waals surface area contributed by atoms with Crippen LogP contribution in [0, 0.1) is 0 Å². The molecule has 0 bridgehead atoms. The first-order chi connectivity index (χ1) is 42.8. The molecule has 520 valence electrons. The van der Waals surface area contributed by atoms with Gasteiger partial charge in [0.05, 0.1) is 38.6 Å². The van der Waals surface area contributed by atoms with Gasteiger partial charge in [0, 0.05) is 6.42 Å². The van der Waals surface area contributed by atoms with Crippen molar-refractivity contribution >= 4 is 5.91 Å². The SMILES string of the molecule is CCCCCCCCCCCCCCCCCCCCCCCCC/C=C/C(O)C(COC1OC(CO)C(OC2OC(CO)C(OC3OC(CO)C(O)C(O)C3O)C(O)C2O)C(O)C1O)NC(=O)CCCCCCCCCCCCCCCCCCCC. The van der Waals surface area contributed by atoms with Gasteiger partial charge in [0.1, 0.15) is 73.2 Å². The fourth-order valence-electron chi connectivity index (χ4n) is 12.5. The predicted octanol–water partition coefficient (Wildman–Crippen LogP) is 9.67.